The maximum atomic E-state index is 13.2. The topological polar surface area (TPSA) is 20.3 Å². The van der Waals surface area contributed by atoms with E-state index in [9.17, 15) is 4.79 Å². The Morgan fingerprint density at radius 2 is 1.90 bits per heavy atom. The summed E-state index contributed by atoms with van der Waals surface area (Å²) in [6, 6.07) is 0.149. The molecular weight excluding hydrogens is 266 g/mol. The zero-order valence-corrected chi connectivity index (χ0v) is 14.8. The van der Waals surface area contributed by atoms with Crippen LogP contribution in [0.1, 0.15) is 54.4 Å². The van der Waals surface area contributed by atoms with Gasteiger partial charge in [-0.2, -0.15) is 11.8 Å². The quantitative estimate of drug-likeness (QED) is 0.789. The summed E-state index contributed by atoms with van der Waals surface area (Å²) in [5, 5.41) is 0. The van der Waals surface area contributed by atoms with Gasteiger partial charge in [0.2, 0.25) is 0 Å². The van der Waals surface area contributed by atoms with E-state index in [-0.39, 0.29) is 17.0 Å². The summed E-state index contributed by atoms with van der Waals surface area (Å²) in [6.07, 6.45) is 2.16. The molecule has 2 nitrogen and oxygen atoms in total. The lowest BCUT2D eigenvalue weighted by molar-refractivity contribution is -0.135. The fourth-order valence-electron chi connectivity index (χ4n) is 3.62. The number of nitrogens with zero attached hydrogens (tertiary/aromatic N) is 1. The van der Waals surface area contributed by atoms with Crippen molar-refractivity contribution >= 4 is 17.5 Å². The van der Waals surface area contributed by atoms with Crippen molar-refractivity contribution in [3.8, 4) is 0 Å². The van der Waals surface area contributed by atoms with Crippen LogP contribution >= 0.6 is 11.8 Å². The number of hydrogen-bond donors (Lipinski definition) is 0. The molecule has 0 radical (unpaired) electrons. The molecule has 0 N–H and O–H groups in total. The van der Waals surface area contributed by atoms with Gasteiger partial charge >= 0.3 is 0 Å². The van der Waals surface area contributed by atoms with E-state index in [2.05, 4.69) is 58.2 Å². The van der Waals surface area contributed by atoms with Crippen LogP contribution in [0.5, 0.6) is 0 Å². The minimum absolute atomic E-state index is 0.0894. The van der Waals surface area contributed by atoms with E-state index < -0.39 is 0 Å². The molecule has 116 valence electrons. The minimum Gasteiger partial charge on any atom is -0.297 e. The molecule has 0 saturated carbocycles. The predicted molar refractivity (Wildman–Crippen MR) is 88.2 cm³/mol. The summed E-state index contributed by atoms with van der Waals surface area (Å²) >= 11 is 2.07. The summed E-state index contributed by atoms with van der Waals surface area (Å²) in [7, 11) is 0. The highest BCUT2D eigenvalue weighted by atomic mass is 32.2. The van der Waals surface area contributed by atoms with Crippen LogP contribution < -0.4 is 0 Å². The molecule has 3 heteroatoms. The van der Waals surface area contributed by atoms with Gasteiger partial charge in [-0.3, -0.25) is 9.69 Å². The summed E-state index contributed by atoms with van der Waals surface area (Å²) in [5.74, 6) is 4.26. The largest absolute Gasteiger partial charge is 0.297 e. The molecular formula is C17H31NOS. The monoisotopic (exact) mass is 297 g/mol. The second kappa shape index (κ2) is 5.64. The number of fused-ring (bicyclic) bond motifs is 1. The van der Waals surface area contributed by atoms with Crippen molar-refractivity contribution < 1.29 is 4.79 Å². The van der Waals surface area contributed by atoms with E-state index in [1.54, 1.807) is 0 Å². The van der Waals surface area contributed by atoms with Crippen LogP contribution in [-0.2, 0) is 4.79 Å². The molecule has 0 aromatic rings. The lowest BCUT2D eigenvalue weighted by Gasteiger charge is -2.40. The highest BCUT2D eigenvalue weighted by Gasteiger charge is 2.51. The van der Waals surface area contributed by atoms with E-state index in [1.807, 2.05) is 0 Å². The molecule has 2 rings (SSSR count). The molecule has 2 aliphatic rings. The predicted octanol–water partition coefficient (Wildman–Crippen LogP) is 3.84. The maximum absolute atomic E-state index is 13.2. The Balaban J connectivity index is 2.31. The average Bonchev–Trinajstić information content (AvgIpc) is 2.77. The van der Waals surface area contributed by atoms with Crippen molar-refractivity contribution in [1.82, 2.24) is 4.90 Å². The first-order chi connectivity index (χ1) is 9.18. The van der Waals surface area contributed by atoms with Crippen molar-refractivity contribution in [2.45, 2.75) is 66.0 Å². The van der Waals surface area contributed by atoms with Crippen LogP contribution in [0.15, 0.2) is 0 Å². The number of ketones is 1. The normalized spacial score (nSPS) is 32.2. The Morgan fingerprint density at radius 1 is 1.25 bits per heavy atom. The SMILES string of the molecule is CCC(C)(C)C(=O)C1C2CCSCC2CN1C(C)(C)C. The Bertz CT molecular complexity index is 372. The molecule has 0 aromatic carbocycles. The maximum Gasteiger partial charge on any atom is 0.155 e. The number of Topliss-reactive ketones (excluding diaryl/α,β-unsaturated/α-hetero) is 1. The van der Waals surface area contributed by atoms with Crippen molar-refractivity contribution in [2.24, 2.45) is 17.3 Å². The van der Waals surface area contributed by atoms with E-state index >= 15 is 0 Å². The molecule has 2 heterocycles. The smallest absolute Gasteiger partial charge is 0.155 e. The van der Waals surface area contributed by atoms with Gasteiger partial charge in [-0.15, -0.1) is 0 Å². The van der Waals surface area contributed by atoms with E-state index in [1.165, 1.54) is 17.9 Å². The van der Waals surface area contributed by atoms with Gasteiger partial charge in [0.1, 0.15) is 0 Å². The fourth-order valence-corrected chi connectivity index (χ4v) is 4.88. The molecule has 0 spiro atoms. The van der Waals surface area contributed by atoms with Crippen molar-refractivity contribution in [1.29, 1.82) is 0 Å². The first kappa shape index (κ1) is 16.4. The summed E-state index contributed by atoms with van der Waals surface area (Å²) in [5.41, 5.74) is -0.0974. The zero-order valence-electron chi connectivity index (χ0n) is 14.0. The van der Waals surface area contributed by atoms with Gasteiger partial charge in [0.15, 0.2) is 5.78 Å². The molecule has 3 atom stereocenters. The molecule has 0 amide bonds. The fraction of sp³-hybridized carbons (Fsp3) is 0.941. The minimum atomic E-state index is -0.187. The van der Waals surface area contributed by atoms with Crippen LogP contribution in [0.2, 0.25) is 0 Å². The third-order valence-corrected chi connectivity index (χ3v) is 6.57. The van der Waals surface area contributed by atoms with Crippen molar-refractivity contribution in [3.05, 3.63) is 0 Å². The third kappa shape index (κ3) is 2.94. The Hall–Kier alpha value is -0.0200. The number of rotatable bonds is 3. The first-order valence-corrected chi connectivity index (χ1v) is 9.22. The number of carbonyl (C=O) groups excluding carboxylic acids is 1. The molecule has 2 saturated heterocycles. The van der Waals surface area contributed by atoms with Gasteiger partial charge in [-0.1, -0.05) is 20.8 Å². The Morgan fingerprint density at radius 3 is 2.45 bits per heavy atom. The van der Waals surface area contributed by atoms with Gasteiger partial charge in [-0.05, 0) is 57.0 Å². The van der Waals surface area contributed by atoms with E-state index in [4.69, 9.17) is 0 Å². The molecule has 0 bridgehead atoms. The van der Waals surface area contributed by atoms with E-state index in [0.29, 0.717) is 11.7 Å². The first-order valence-electron chi connectivity index (χ1n) is 8.07. The van der Waals surface area contributed by atoms with Crippen LogP contribution in [0.3, 0.4) is 0 Å². The molecule has 0 aromatic heterocycles. The lowest BCUT2D eigenvalue weighted by Crippen LogP contribution is -2.53. The van der Waals surface area contributed by atoms with Gasteiger partial charge in [0.05, 0.1) is 6.04 Å². The second-order valence-corrected chi connectivity index (χ2v) is 9.31. The number of thioether (sulfide) groups is 1. The van der Waals surface area contributed by atoms with Gasteiger partial charge in [0.25, 0.3) is 0 Å². The standard InChI is InChI=1S/C17H31NOS/c1-7-17(5,6)15(19)14-13-8-9-20-11-12(13)10-18(14)16(2,3)4/h12-14H,7-11H2,1-6H3. The van der Waals surface area contributed by atoms with Gasteiger partial charge < -0.3 is 0 Å². The Labute approximate surface area is 129 Å². The van der Waals surface area contributed by atoms with E-state index in [0.717, 1.165) is 18.9 Å². The highest BCUT2D eigenvalue weighted by molar-refractivity contribution is 7.99. The molecule has 2 aliphatic heterocycles. The highest BCUT2D eigenvalue weighted by Crippen LogP contribution is 2.44. The number of hydrogen-bond acceptors (Lipinski definition) is 3. The van der Waals surface area contributed by atoms with Gasteiger partial charge in [-0.25, -0.2) is 0 Å². The lowest BCUT2D eigenvalue weighted by atomic mass is 9.75. The van der Waals surface area contributed by atoms with Gasteiger partial charge in [0, 0.05) is 17.5 Å². The van der Waals surface area contributed by atoms with Crippen LogP contribution in [0, 0.1) is 17.3 Å². The number of likely N-dealkylation sites (tertiary alicyclic amines) is 1. The zero-order chi connectivity index (χ0) is 15.1. The van der Waals surface area contributed by atoms with Crippen molar-refractivity contribution in [2.75, 3.05) is 18.1 Å². The molecule has 0 aliphatic carbocycles. The van der Waals surface area contributed by atoms with Crippen LogP contribution in [-0.4, -0.2) is 40.3 Å². The summed E-state index contributed by atoms with van der Waals surface area (Å²) < 4.78 is 0. The number of carbonyl (C=O) groups is 1. The van der Waals surface area contributed by atoms with Crippen molar-refractivity contribution in [3.63, 3.8) is 0 Å². The molecule has 20 heavy (non-hydrogen) atoms. The second-order valence-electron chi connectivity index (χ2n) is 8.16. The molecule has 3 unspecified atom stereocenters. The summed E-state index contributed by atoms with van der Waals surface area (Å²) in [4.78, 5) is 15.7. The molecule has 2 fully saturated rings. The van der Waals surface area contributed by atoms with Crippen LogP contribution in [0.25, 0.3) is 0 Å². The van der Waals surface area contributed by atoms with Crippen LogP contribution in [0.4, 0.5) is 0 Å². The Kier molecular flexibility index (Phi) is 4.61. The average molecular weight is 298 g/mol. The third-order valence-electron chi connectivity index (χ3n) is 5.39. The summed E-state index contributed by atoms with van der Waals surface area (Å²) in [6.45, 7) is 14.3.